The lowest BCUT2D eigenvalue weighted by molar-refractivity contribution is -0.126. The summed E-state index contributed by atoms with van der Waals surface area (Å²) in [4.78, 5) is 14.1. The first kappa shape index (κ1) is 12.8. The first-order valence-electron chi connectivity index (χ1n) is 6.55. The summed E-state index contributed by atoms with van der Waals surface area (Å²) in [5.74, 6) is 0.192. The molecule has 98 valence electrons. The lowest BCUT2D eigenvalue weighted by atomic mass is 9.90. The molecule has 2 rings (SSSR count). The van der Waals surface area contributed by atoms with E-state index in [2.05, 4.69) is 24.1 Å². The summed E-state index contributed by atoms with van der Waals surface area (Å²) in [5.41, 5.74) is -0.200. The van der Waals surface area contributed by atoms with E-state index in [0.717, 1.165) is 26.1 Å². The maximum Gasteiger partial charge on any atom is 0.225 e. The summed E-state index contributed by atoms with van der Waals surface area (Å²) >= 11 is 0. The van der Waals surface area contributed by atoms with Crippen LogP contribution < -0.4 is 5.32 Å². The number of amides is 1. The van der Waals surface area contributed by atoms with Gasteiger partial charge in [0.15, 0.2) is 0 Å². The number of carbonyl (C=O) groups is 1. The molecule has 2 aliphatic rings. The van der Waals surface area contributed by atoms with Crippen molar-refractivity contribution < 1.29 is 9.53 Å². The van der Waals surface area contributed by atoms with Crippen molar-refractivity contribution in [3.8, 4) is 0 Å². The van der Waals surface area contributed by atoms with Gasteiger partial charge in [-0.3, -0.25) is 9.69 Å². The third-order valence-electron chi connectivity index (χ3n) is 3.68. The van der Waals surface area contributed by atoms with E-state index in [9.17, 15) is 4.79 Å². The van der Waals surface area contributed by atoms with Gasteiger partial charge in [0.05, 0.1) is 12.2 Å². The molecule has 1 amide bonds. The van der Waals surface area contributed by atoms with Crippen LogP contribution in [-0.4, -0.2) is 48.7 Å². The summed E-state index contributed by atoms with van der Waals surface area (Å²) < 4.78 is 5.71. The number of ether oxygens (including phenoxy) is 1. The lowest BCUT2D eigenvalue weighted by Crippen LogP contribution is -2.49. The largest absolute Gasteiger partial charge is 0.373 e. The molecule has 2 heterocycles. The number of nitrogens with zero attached hydrogens (tertiary/aromatic N) is 1. The molecule has 0 saturated carbocycles. The Morgan fingerprint density at radius 1 is 1.35 bits per heavy atom. The van der Waals surface area contributed by atoms with Gasteiger partial charge in [-0.15, -0.1) is 0 Å². The molecule has 0 spiro atoms. The summed E-state index contributed by atoms with van der Waals surface area (Å²) in [5, 5.41) is 3.10. The molecule has 0 aromatic carbocycles. The van der Waals surface area contributed by atoms with Crippen molar-refractivity contribution in [1.29, 1.82) is 0 Å². The van der Waals surface area contributed by atoms with Gasteiger partial charge in [0, 0.05) is 31.1 Å². The Morgan fingerprint density at radius 3 is 2.41 bits per heavy atom. The van der Waals surface area contributed by atoms with Crippen LogP contribution in [0.5, 0.6) is 0 Å². The zero-order valence-corrected chi connectivity index (χ0v) is 11.3. The zero-order chi connectivity index (χ0) is 12.6. The molecular formula is C13H24N2O2. The fourth-order valence-corrected chi connectivity index (χ4v) is 3.00. The van der Waals surface area contributed by atoms with Crippen LogP contribution in [0, 0.1) is 5.41 Å². The van der Waals surface area contributed by atoms with Crippen LogP contribution in [0.4, 0.5) is 0 Å². The van der Waals surface area contributed by atoms with Crippen molar-refractivity contribution in [2.24, 2.45) is 5.41 Å². The summed E-state index contributed by atoms with van der Waals surface area (Å²) in [7, 11) is 0. The SMILES string of the molecule is CC1CN(C[C@H]2CC(C)(C)C(=O)N2)CC(C)O1. The Labute approximate surface area is 104 Å². The van der Waals surface area contributed by atoms with Crippen LogP contribution in [0.2, 0.25) is 0 Å². The van der Waals surface area contributed by atoms with Gasteiger partial charge < -0.3 is 10.1 Å². The normalized spacial score (nSPS) is 38.1. The first-order valence-corrected chi connectivity index (χ1v) is 6.55. The number of carbonyl (C=O) groups excluding carboxylic acids is 1. The fraction of sp³-hybridized carbons (Fsp3) is 0.923. The van der Waals surface area contributed by atoms with Crippen molar-refractivity contribution in [2.45, 2.75) is 52.4 Å². The second-order valence-electron chi connectivity index (χ2n) is 6.23. The van der Waals surface area contributed by atoms with E-state index in [4.69, 9.17) is 4.74 Å². The van der Waals surface area contributed by atoms with Gasteiger partial charge in [-0.25, -0.2) is 0 Å². The molecule has 0 radical (unpaired) electrons. The monoisotopic (exact) mass is 240 g/mol. The van der Waals surface area contributed by atoms with E-state index in [1.165, 1.54) is 0 Å². The van der Waals surface area contributed by atoms with Crippen LogP contribution in [0.1, 0.15) is 34.1 Å². The predicted octanol–water partition coefficient (Wildman–Crippen LogP) is 1.01. The van der Waals surface area contributed by atoms with Crippen molar-refractivity contribution in [1.82, 2.24) is 10.2 Å². The maximum absolute atomic E-state index is 11.7. The quantitative estimate of drug-likeness (QED) is 0.783. The standard InChI is InChI=1S/C13H24N2O2/c1-9-6-15(7-10(2)17-9)8-11-5-13(3,4)12(16)14-11/h9-11H,5-8H2,1-4H3,(H,14,16)/t9?,10?,11-/m1/s1. The predicted molar refractivity (Wildman–Crippen MR) is 66.8 cm³/mol. The van der Waals surface area contributed by atoms with Gasteiger partial charge in [0.1, 0.15) is 0 Å². The molecule has 0 aromatic rings. The highest BCUT2D eigenvalue weighted by molar-refractivity contribution is 5.84. The molecule has 17 heavy (non-hydrogen) atoms. The molecular weight excluding hydrogens is 216 g/mol. The summed E-state index contributed by atoms with van der Waals surface area (Å²) in [6.07, 6.45) is 1.53. The van der Waals surface area contributed by atoms with E-state index >= 15 is 0 Å². The average molecular weight is 240 g/mol. The highest BCUT2D eigenvalue weighted by Crippen LogP contribution is 2.29. The maximum atomic E-state index is 11.7. The smallest absolute Gasteiger partial charge is 0.225 e. The van der Waals surface area contributed by atoms with Gasteiger partial charge >= 0.3 is 0 Å². The van der Waals surface area contributed by atoms with Crippen molar-refractivity contribution in [3.05, 3.63) is 0 Å². The van der Waals surface area contributed by atoms with Gasteiger partial charge in [0.25, 0.3) is 0 Å². The number of rotatable bonds is 2. The molecule has 2 saturated heterocycles. The minimum atomic E-state index is -0.200. The minimum absolute atomic E-state index is 0.192. The molecule has 2 unspecified atom stereocenters. The molecule has 0 bridgehead atoms. The minimum Gasteiger partial charge on any atom is -0.373 e. The first-order chi connectivity index (χ1) is 7.87. The van der Waals surface area contributed by atoms with Gasteiger partial charge in [-0.05, 0) is 20.3 Å². The Balaban J connectivity index is 1.88. The third-order valence-corrected chi connectivity index (χ3v) is 3.68. The Morgan fingerprint density at radius 2 is 1.94 bits per heavy atom. The second-order valence-corrected chi connectivity index (χ2v) is 6.23. The van der Waals surface area contributed by atoms with Crippen molar-refractivity contribution >= 4 is 5.91 Å². The third kappa shape index (κ3) is 2.99. The van der Waals surface area contributed by atoms with Crippen LogP contribution >= 0.6 is 0 Å². The Hall–Kier alpha value is -0.610. The van der Waals surface area contributed by atoms with Gasteiger partial charge in [-0.1, -0.05) is 13.8 Å². The van der Waals surface area contributed by atoms with Crippen LogP contribution in [0.25, 0.3) is 0 Å². The lowest BCUT2D eigenvalue weighted by Gasteiger charge is -2.36. The average Bonchev–Trinajstić information content (AvgIpc) is 2.37. The molecule has 2 aliphatic heterocycles. The molecule has 0 aliphatic carbocycles. The highest BCUT2D eigenvalue weighted by atomic mass is 16.5. The fourth-order valence-electron chi connectivity index (χ4n) is 3.00. The molecule has 1 N–H and O–H groups in total. The van der Waals surface area contributed by atoms with Crippen LogP contribution in [0.15, 0.2) is 0 Å². The second kappa shape index (κ2) is 4.58. The summed E-state index contributed by atoms with van der Waals surface area (Å²) in [6, 6.07) is 0.301. The van der Waals surface area contributed by atoms with E-state index in [0.29, 0.717) is 18.2 Å². The van der Waals surface area contributed by atoms with E-state index < -0.39 is 0 Å². The van der Waals surface area contributed by atoms with Crippen molar-refractivity contribution in [3.63, 3.8) is 0 Å². The number of hydrogen-bond acceptors (Lipinski definition) is 3. The number of morpholine rings is 1. The van der Waals surface area contributed by atoms with E-state index in [1.54, 1.807) is 0 Å². The topological polar surface area (TPSA) is 41.6 Å². The molecule has 3 atom stereocenters. The molecule has 2 fully saturated rings. The van der Waals surface area contributed by atoms with Gasteiger partial charge in [0.2, 0.25) is 5.91 Å². The Kier molecular flexibility index (Phi) is 3.46. The van der Waals surface area contributed by atoms with Crippen molar-refractivity contribution in [2.75, 3.05) is 19.6 Å². The molecule has 4 nitrogen and oxygen atoms in total. The Bertz CT molecular complexity index is 294. The molecule has 4 heteroatoms. The van der Waals surface area contributed by atoms with Crippen LogP contribution in [0.3, 0.4) is 0 Å². The number of hydrogen-bond donors (Lipinski definition) is 1. The summed E-state index contributed by atoms with van der Waals surface area (Å²) in [6.45, 7) is 11.2. The van der Waals surface area contributed by atoms with E-state index in [1.807, 2.05) is 13.8 Å². The zero-order valence-electron chi connectivity index (χ0n) is 11.3. The number of nitrogens with one attached hydrogen (secondary N) is 1. The van der Waals surface area contributed by atoms with Crippen LogP contribution in [-0.2, 0) is 9.53 Å². The molecule has 0 aromatic heterocycles. The highest BCUT2D eigenvalue weighted by Gasteiger charge is 2.39. The van der Waals surface area contributed by atoms with Gasteiger partial charge in [-0.2, -0.15) is 0 Å². The van der Waals surface area contributed by atoms with E-state index in [-0.39, 0.29) is 11.3 Å².